The lowest BCUT2D eigenvalue weighted by Gasteiger charge is -2.14. The van der Waals surface area contributed by atoms with E-state index >= 15 is 0 Å². The Hall–Kier alpha value is -2.85. The maximum absolute atomic E-state index is 12.7. The van der Waals surface area contributed by atoms with Crippen LogP contribution in [-0.4, -0.2) is 18.2 Å². The van der Waals surface area contributed by atoms with Crippen molar-refractivity contribution in [2.45, 2.75) is 31.6 Å². The van der Waals surface area contributed by atoms with E-state index in [4.69, 9.17) is 4.99 Å². The molecule has 3 rings (SSSR count). The molecule has 1 N–H and O–H groups in total. The number of benzene rings is 2. The summed E-state index contributed by atoms with van der Waals surface area (Å²) >= 11 is 1.60. The van der Waals surface area contributed by atoms with Crippen LogP contribution in [0.25, 0.3) is 0 Å². The first-order chi connectivity index (χ1) is 14.0. The second-order valence-electron chi connectivity index (χ2n) is 7.08. The third kappa shape index (κ3) is 5.81. The lowest BCUT2D eigenvalue weighted by atomic mass is 10.0. The number of fused-ring (bicyclic) bond motifs is 1. The van der Waals surface area contributed by atoms with Crippen LogP contribution in [0.15, 0.2) is 93.7 Å². The van der Waals surface area contributed by atoms with Crippen molar-refractivity contribution in [3.05, 3.63) is 94.9 Å². The minimum Gasteiger partial charge on any atom is -0.351 e. The number of carbonyl (C=O) groups excluding carboxylic acids is 1. The Morgan fingerprint density at radius 2 is 1.86 bits per heavy atom. The number of rotatable bonds is 4. The van der Waals surface area contributed by atoms with Gasteiger partial charge in [-0.2, -0.15) is 0 Å². The predicted molar refractivity (Wildman–Crippen MR) is 124 cm³/mol. The Morgan fingerprint density at radius 1 is 1.07 bits per heavy atom. The SMILES string of the molecule is CC1=Nc2cc(C(=O)NCC(C)c3ccccc3)ccc2S/C=C/C=C\C=C\1C. The largest absolute Gasteiger partial charge is 0.351 e. The van der Waals surface area contributed by atoms with E-state index in [1.165, 1.54) is 5.56 Å². The Kier molecular flexibility index (Phi) is 7.25. The van der Waals surface area contributed by atoms with Gasteiger partial charge >= 0.3 is 0 Å². The molecule has 0 aromatic heterocycles. The Morgan fingerprint density at radius 3 is 2.66 bits per heavy atom. The summed E-state index contributed by atoms with van der Waals surface area (Å²) in [6.07, 6.45) is 8.06. The molecule has 1 heterocycles. The van der Waals surface area contributed by atoms with Crippen LogP contribution >= 0.6 is 11.8 Å². The minimum atomic E-state index is -0.0766. The van der Waals surface area contributed by atoms with E-state index in [0.29, 0.717) is 12.1 Å². The van der Waals surface area contributed by atoms with Gasteiger partial charge in [0.25, 0.3) is 5.91 Å². The van der Waals surface area contributed by atoms with Gasteiger partial charge in [0, 0.05) is 22.7 Å². The summed E-state index contributed by atoms with van der Waals surface area (Å²) in [5.74, 6) is 0.175. The number of nitrogens with zero attached hydrogens (tertiary/aromatic N) is 1. The lowest BCUT2D eigenvalue weighted by molar-refractivity contribution is 0.0951. The van der Waals surface area contributed by atoms with Gasteiger partial charge in [0.2, 0.25) is 0 Å². The van der Waals surface area contributed by atoms with E-state index in [-0.39, 0.29) is 11.8 Å². The molecule has 2 aromatic rings. The van der Waals surface area contributed by atoms with Crippen LogP contribution in [-0.2, 0) is 0 Å². The van der Waals surface area contributed by atoms with Gasteiger partial charge < -0.3 is 5.32 Å². The van der Waals surface area contributed by atoms with E-state index in [1.54, 1.807) is 11.8 Å². The summed E-state index contributed by atoms with van der Waals surface area (Å²) < 4.78 is 0. The summed E-state index contributed by atoms with van der Waals surface area (Å²) in [7, 11) is 0. The molecule has 2 aromatic carbocycles. The molecule has 0 saturated carbocycles. The fourth-order valence-corrected chi connectivity index (χ4v) is 3.59. The molecule has 29 heavy (non-hydrogen) atoms. The van der Waals surface area contributed by atoms with Crippen LogP contribution in [0.4, 0.5) is 5.69 Å². The molecule has 0 radical (unpaired) electrons. The summed E-state index contributed by atoms with van der Waals surface area (Å²) in [4.78, 5) is 18.6. The first-order valence-corrected chi connectivity index (χ1v) is 10.6. The number of amides is 1. The zero-order valence-electron chi connectivity index (χ0n) is 17.1. The molecule has 0 bridgehead atoms. The van der Waals surface area contributed by atoms with E-state index in [9.17, 15) is 4.79 Å². The number of thioether (sulfide) groups is 1. The van der Waals surface area contributed by atoms with Gasteiger partial charge in [0.15, 0.2) is 0 Å². The van der Waals surface area contributed by atoms with Crippen molar-refractivity contribution in [3.63, 3.8) is 0 Å². The average Bonchev–Trinajstić information content (AvgIpc) is 2.77. The molecule has 0 spiro atoms. The minimum absolute atomic E-state index is 0.0766. The third-order valence-corrected chi connectivity index (χ3v) is 5.75. The van der Waals surface area contributed by atoms with Gasteiger partial charge in [-0.05, 0) is 54.5 Å². The second kappa shape index (κ2) is 10.1. The van der Waals surface area contributed by atoms with Gasteiger partial charge in [-0.15, -0.1) is 0 Å². The molecule has 3 nitrogen and oxygen atoms in total. The van der Waals surface area contributed by atoms with Crippen molar-refractivity contribution < 1.29 is 4.79 Å². The zero-order chi connectivity index (χ0) is 20.6. The van der Waals surface area contributed by atoms with Crippen LogP contribution in [0.5, 0.6) is 0 Å². The highest BCUT2D eigenvalue weighted by atomic mass is 32.2. The van der Waals surface area contributed by atoms with Gasteiger partial charge in [-0.25, -0.2) is 0 Å². The van der Waals surface area contributed by atoms with Crippen molar-refractivity contribution in [2.75, 3.05) is 6.54 Å². The number of allylic oxidation sites excluding steroid dienone is 5. The van der Waals surface area contributed by atoms with Crippen LogP contribution in [0.3, 0.4) is 0 Å². The van der Waals surface area contributed by atoms with E-state index in [0.717, 1.165) is 21.9 Å². The summed E-state index contributed by atoms with van der Waals surface area (Å²) in [6, 6.07) is 15.9. The molecule has 1 amide bonds. The highest BCUT2D eigenvalue weighted by Gasteiger charge is 2.12. The van der Waals surface area contributed by atoms with E-state index in [2.05, 4.69) is 24.4 Å². The van der Waals surface area contributed by atoms with Crippen LogP contribution in [0.1, 0.15) is 42.6 Å². The van der Waals surface area contributed by atoms with Crippen molar-refractivity contribution >= 4 is 29.1 Å². The lowest BCUT2D eigenvalue weighted by Crippen LogP contribution is -2.27. The molecule has 4 heteroatoms. The van der Waals surface area contributed by atoms with Crippen molar-refractivity contribution in [3.8, 4) is 0 Å². The smallest absolute Gasteiger partial charge is 0.251 e. The van der Waals surface area contributed by atoms with Crippen molar-refractivity contribution in [1.29, 1.82) is 0 Å². The molecule has 0 aliphatic carbocycles. The molecule has 1 aliphatic heterocycles. The van der Waals surface area contributed by atoms with Crippen molar-refractivity contribution in [1.82, 2.24) is 5.32 Å². The van der Waals surface area contributed by atoms with Crippen LogP contribution < -0.4 is 5.32 Å². The van der Waals surface area contributed by atoms with Gasteiger partial charge in [-0.1, -0.05) is 73.3 Å². The van der Waals surface area contributed by atoms with Crippen molar-refractivity contribution in [2.24, 2.45) is 4.99 Å². The summed E-state index contributed by atoms with van der Waals surface area (Å²) in [6.45, 7) is 6.74. The topological polar surface area (TPSA) is 41.5 Å². The normalized spacial score (nSPS) is 18.9. The maximum Gasteiger partial charge on any atom is 0.251 e. The molecule has 1 unspecified atom stereocenters. The first-order valence-electron chi connectivity index (χ1n) is 9.74. The average molecular weight is 403 g/mol. The molecule has 0 saturated heterocycles. The Balaban J connectivity index is 1.79. The van der Waals surface area contributed by atoms with Gasteiger partial charge in [0.05, 0.1) is 5.69 Å². The molecule has 1 aliphatic rings. The number of nitrogens with one attached hydrogen (secondary N) is 1. The number of carbonyl (C=O) groups is 1. The summed E-state index contributed by atoms with van der Waals surface area (Å²) in [5, 5.41) is 5.08. The molecule has 148 valence electrons. The van der Waals surface area contributed by atoms with E-state index in [1.807, 2.05) is 80.0 Å². The van der Waals surface area contributed by atoms with Gasteiger partial charge in [0.1, 0.15) is 0 Å². The Bertz CT molecular complexity index is 987. The molecular weight excluding hydrogens is 376 g/mol. The standard InChI is InChI=1S/C25H26N2OS/c1-18-10-6-5-9-15-29-24-14-13-22(16-23(24)27-20(18)3)25(28)26-17-19(2)21-11-7-4-8-12-21/h4-16,19H,17H2,1-3H3,(H,26,28)/b6-5-,15-9+,18-10+,27-20?. The molecule has 1 atom stereocenters. The quantitative estimate of drug-likeness (QED) is 0.640. The van der Waals surface area contributed by atoms with Crippen LogP contribution in [0, 0.1) is 0 Å². The zero-order valence-corrected chi connectivity index (χ0v) is 17.9. The van der Waals surface area contributed by atoms with Gasteiger partial charge in [-0.3, -0.25) is 9.79 Å². The van der Waals surface area contributed by atoms with E-state index < -0.39 is 0 Å². The summed E-state index contributed by atoms with van der Waals surface area (Å²) in [5.41, 5.74) is 4.69. The second-order valence-corrected chi connectivity index (χ2v) is 8.03. The first kappa shape index (κ1) is 20.9. The fourth-order valence-electron chi connectivity index (χ4n) is 2.90. The van der Waals surface area contributed by atoms with Crippen LogP contribution in [0.2, 0.25) is 0 Å². The predicted octanol–water partition coefficient (Wildman–Crippen LogP) is 6.43. The Labute approximate surface area is 177 Å². The third-order valence-electron chi connectivity index (χ3n) is 4.86. The highest BCUT2D eigenvalue weighted by molar-refractivity contribution is 8.02. The number of hydrogen-bond acceptors (Lipinski definition) is 3. The number of hydrogen-bond donors (Lipinski definition) is 1. The maximum atomic E-state index is 12.7. The molecule has 0 fully saturated rings. The monoisotopic (exact) mass is 402 g/mol. The number of aliphatic imine (C=N–C) groups is 1. The highest BCUT2D eigenvalue weighted by Crippen LogP contribution is 2.32. The molecular formula is C25H26N2OS. The fraction of sp³-hybridized carbons (Fsp3) is 0.200.